The SMILES string of the molecule is CN(C)[C@H](CNC(=O)CCc1nc(-c2cccnc2)no1)c1cccs1. The van der Waals surface area contributed by atoms with Crippen molar-refractivity contribution in [3.63, 3.8) is 0 Å². The number of aromatic nitrogens is 3. The predicted octanol–water partition coefficient (Wildman–Crippen LogP) is 2.54. The summed E-state index contributed by atoms with van der Waals surface area (Å²) in [6, 6.07) is 7.95. The van der Waals surface area contributed by atoms with Gasteiger partial charge >= 0.3 is 0 Å². The maximum absolute atomic E-state index is 12.2. The summed E-state index contributed by atoms with van der Waals surface area (Å²) >= 11 is 1.69. The standard InChI is InChI=1S/C18H21N5O2S/c1-23(2)14(15-6-4-10-26-15)12-20-16(24)7-8-17-21-18(22-25-17)13-5-3-9-19-11-13/h3-6,9-11,14H,7-8,12H2,1-2H3,(H,20,24)/t14-/m1/s1. The van der Waals surface area contributed by atoms with Crippen LogP contribution in [0, 0.1) is 0 Å². The first-order chi connectivity index (χ1) is 12.6. The van der Waals surface area contributed by atoms with Crippen LogP contribution in [0.2, 0.25) is 0 Å². The number of amides is 1. The molecule has 0 saturated carbocycles. The summed E-state index contributed by atoms with van der Waals surface area (Å²) in [4.78, 5) is 23.8. The molecule has 0 aromatic carbocycles. The lowest BCUT2D eigenvalue weighted by molar-refractivity contribution is -0.121. The van der Waals surface area contributed by atoms with Crippen LogP contribution >= 0.6 is 11.3 Å². The lowest BCUT2D eigenvalue weighted by Crippen LogP contribution is -2.34. The van der Waals surface area contributed by atoms with E-state index in [0.717, 1.165) is 5.56 Å². The van der Waals surface area contributed by atoms with Crippen LogP contribution in [0.15, 0.2) is 46.6 Å². The fraction of sp³-hybridized carbons (Fsp3) is 0.333. The minimum absolute atomic E-state index is 0.0328. The summed E-state index contributed by atoms with van der Waals surface area (Å²) in [5, 5.41) is 8.96. The molecule has 0 aliphatic carbocycles. The van der Waals surface area contributed by atoms with Crippen LogP contribution in [0.5, 0.6) is 0 Å². The molecule has 0 spiro atoms. The van der Waals surface area contributed by atoms with E-state index in [2.05, 4.69) is 31.4 Å². The highest BCUT2D eigenvalue weighted by molar-refractivity contribution is 7.10. The van der Waals surface area contributed by atoms with E-state index in [1.54, 1.807) is 23.7 Å². The summed E-state index contributed by atoms with van der Waals surface area (Å²) in [6.45, 7) is 0.567. The van der Waals surface area contributed by atoms with Crippen molar-refractivity contribution < 1.29 is 9.32 Å². The van der Waals surface area contributed by atoms with Gasteiger partial charge in [0.25, 0.3) is 0 Å². The van der Waals surface area contributed by atoms with Crippen molar-refractivity contribution in [2.24, 2.45) is 0 Å². The van der Waals surface area contributed by atoms with Gasteiger partial charge in [-0.1, -0.05) is 11.2 Å². The van der Waals surface area contributed by atoms with Gasteiger partial charge in [0.1, 0.15) is 0 Å². The van der Waals surface area contributed by atoms with Gasteiger partial charge in [-0.3, -0.25) is 9.78 Å². The monoisotopic (exact) mass is 371 g/mol. The first-order valence-corrected chi connectivity index (χ1v) is 9.21. The summed E-state index contributed by atoms with van der Waals surface area (Å²) in [5.41, 5.74) is 0.789. The Hall–Kier alpha value is -2.58. The third kappa shape index (κ3) is 4.74. The molecule has 1 amide bonds. The van der Waals surface area contributed by atoms with Gasteiger partial charge in [0.05, 0.1) is 6.04 Å². The first-order valence-electron chi connectivity index (χ1n) is 8.33. The average molecular weight is 371 g/mol. The van der Waals surface area contributed by atoms with Crippen LogP contribution in [0.4, 0.5) is 0 Å². The molecular weight excluding hydrogens is 350 g/mol. The number of rotatable bonds is 8. The lowest BCUT2D eigenvalue weighted by atomic mass is 10.2. The van der Waals surface area contributed by atoms with E-state index in [-0.39, 0.29) is 11.9 Å². The molecule has 0 fully saturated rings. The Kier molecular flexibility index (Phi) is 6.08. The van der Waals surface area contributed by atoms with Gasteiger partial charge in [-0.15, -0.1) is 11.3 Å². The van der Waals surface area contributed by atoms with Gasteiger partial charge in [0.15, 0.2) is 0 Å². The molecule has 26 heavy (non-hydrogen) atoms. The van der Waals surface area contributed by atoms with Gasteiger partial charge in [-0.05, 0) is 37.7 Å². The van der Waals surface area contributed by atoms with Crippen molar-refractivity contribution in [3.05, 3.63) is 52.8 Å². The number of hydrogen-bond donors (Lipinski definition) is 1. The van der Waals surface area contributed by atoms with Crippen LogP contribution in [-0.2, 0) is 11.2 Å². The van der Waals surface area contributed by atoms with Gasteiger partial charge < -0.3 is 14.7 Å². The molecule has 7 nitrogen and oxygen atoms in total. The lowest BCUT2D eigenvalue weighted by Gasteiger charge is -2.23. The molecule has 0 saturated heterocycles. The quantitative estimate of drug-likeness (QED) is 0.655. The van der Waals surface area contributed by atoms with Crippen LogP contribution in [0.25, 0.3) is 11.4 Å². The Labute approximate surface area is 156 Å². The van der Waals surface area contributed by atoms with Gasteiger partial charge in [-0.25, -0.2) is 0 Å². The van der Waals surface area contributed by atoms with E-state index in [0.29, 0.717) is 31.1 Å². The van der Waals surface area contributed by atoms with E-state index in [1.807, 2.05) is 37.7 Å². The molecular formula is C18H21N5O2S. The second-order valence-corrected chi connectivity index (χ2v) is 7.03. The van der Waals surface area contributed by atoms with Crippen molar-refractivity contribution >= 4 is 17.2 Å². The summed E-state index contributed by atoms with van der Waals surface area (Å²) in [5.74, 6) is 0.898. The zero-order valence-corrected chi connectivity index (χ0v) is 15.6. The number of likely N-dealkylation sites (N-methyl/N-ethyl adjacent to an activating group) is 1. The molecule has 0 unspecified atom stereocenters. The van der Waals surface area contributed by atoms with Gasteiger partial charge in [-0.2, -0.15) is 4.98 Å². The molecule has 1 atom stereocenters. The molecule has 1 N–H and O–H groups in total. The van der Waals surface area contributed by atoms with E-state index in [1.165, 1.54) is 4.88 Å². The Morgan fingerprint density at radius 2 is 2.23 bits per heavy atom. The van der Waals surface area contributed by atoms with Crippen molar-refractivity contribution in [3.8, 4) is 11.4 Å². The summed E-state index contributed by atoms with van der Waals surface area (Å²) < 4.78 is 5.22. The molecule has 3 heterocycles. The normalized spacial score (nSPS) is 12.3. The van der Waals surface area contributed by atoms with Crippen molar-refractivity contribution in [2.45, 2.75) is 18.9 Å². The molecule has 0 radical (unpaired) electrons. The highest BCUT2D eigenvalue weighted by Crippen LogP contribution is 2.22. The van der Waals surface area contributed by atoms with Crippen LogP contribution < -0.4 is 5.32 Å². The maximum Gasteiger partial charge on any atom is 0.227 e. The number of nitrogens with one attached hydrogen (secondary N) is 1. The second-order valence-electron chi connectivity index (χ2n) is 6.05. The molecule has 0 aliphatic rings. The van der Waals surface area contributed by atoms with Crippen LogP contribution in [-0.4, -0.2) is 46.6 Å². The molecule has 0 aliphatic heterocycles. The van der Waals surface area contributed by atoms with Gasteiger partial charge in [0.2, 0.25) is 17.6 Å². The second kappa shape index (κ2) is 8.68. The average Bonchev–Trinajstić information content (AvgIpc) is 3.33. The molecule has 3 rings (SSSR count). The highest BCUT2D eigenvalue weighted by atomic mass is 32.1. The minimum atomic E-state index is -0.0328. The van der Waals surface area contributed by atoms with Crippen molar-refractivity contribution in [2.75, 3.05) is 20.6 Å². The first kappa shape index (κ1) is 18.2. The molecule has 136 valence electrons. The summed E-state index contributed by atoms with van der Waals surface area (Å²) in [6.07, 6.45) is 4.07. The zero-order valence-electron chi connectivity index (χ0n) is 14.8. The number of hydrogen-bond acceptors (Lipinski definition) is 7. The Morgan fingerprint density at radius 1 is 1.35 bits per heavy atom. The number of carbonyl (C=O) groups is 1. The number of thiophene rings is 1. The highest BCUT2D eigenvalue weighted by Gasteiger charge is 2.17. The van der Waals surface area contributed by atoms with Gasteiger partial charge in [0, 0.05) is 42.2 Å². The molecule has 8 heteroatoms. The third-order valence-electron chi connectivity index (χ3n) is 3.94. The Bertz CT molecular complexity index is 817. The smallest absolute Gasteiger partial charge is 0.227 e. The van der Waals surface area contributed by atoms with Crippen molar-refractivity contribution in [1.29, 1.82) is 0 Å². The van der Waals surface area contributed by atoms with Crippen LogP contribution in [0.3, 0.4) is 0 Å². The Balaban J connectivity index is 1.49. The largest absolute Gasteiger partial charge is 0.354 e. The topological polar surface area (TPSA) is 84.2 Å². The van der Waals surface area contributed by atoms with Crippen molar-refractivity contribution in [1.82, 2.24) is 25.3 Å². The van der Waals surface area contributed by atoms with E-state index >= 15 is 0 Å². The minimum Gasteiger partial charge on any atom is -0.354 e. The maximum atomic E-state index is 12.2. The van der Waals surface area contributed by atoms with E-state index in [9.17, 15) is 4.79 Å². The number of nitrogens with zero attached hydrogens (tertiary/aromatic N) is 4. The van der Waals surface area contributed by atoms with Crippen LogP contribution in [0.1, 0.15) is 23.2 Å². The fourth-order valence-electron chi connectivity index (χ4n) is 2.51. The molecule has 3 aromatic heterocycles. The summed E-state index contributed by atoms with van der Waals surface area (Å²) in [7, 11) is 4.02. The predicted molar refractivity (Wildman–Crippen MR) is 99.6 cm³/mol. The molecule has 3 aromatic rings. The Morgan fingerprint density at radius 3 is 2.92 bits per heavy atom. The number of pyridine rings is 1. The van der Waals surface area contributed by atoms with E-state index < -0.39 is 0 Å². The fourth-order valence-corrected chi connectivity index (χ4v) is 3.43. The third-order valence-corrected chi connectivity index (χ3v) is 4.91. The van der Waals surface area contributed by atoms with E-state index in [4.69, 9.17) is 4.52 Å². The number of aryl methyl sites for hydroxylation is 1. The zero-order chi connectivity index (χ0) is 18.4. The molecule has 0 bridgehead atoms. The number of carbonyl (C=O) groups excluding carboxylic acids is 1.